The molecule has 0 aromatic carbocycles. The highest BCUT2D eigenvalue weighted by Gasteiger charge is 2.23. The van der Waals surface area contributed by atoms with E-state index in [0.717, 1.165) is 4.47 Å². The van der Waals surface area contributed by atoms with Crippen molar-refractivity contribution in [1.29, 1.82) is 0 Å². The number of hydrogen-bond acceptors (Lipinski definition) is 3. The van der Waals surface area contributed by atoms with Crippen molar-refractivity contribution in [3.8, 4) is 0 Å². The van der Waals surface area contributed by atoms with E-state index in [1.165, 1.54) is 0 Å². The summed E-state index contributed by atoms with van der Waals surface area (Å²) in [6.07, 6.45) is 1.94. The molecule has 0 aliphatic carbocycles. The molecule has 1 unspecified atom stereocenters. The van der Waals surface area contributed by atoms with Gasteiger partial charge in [-0.25, -0.2) is 4.79 Å². The first kappa shape index (κ1) is 17.7. The third-order valence-corrected chi connectivity index (χ3v) is 3.18. The Morgan fingerprint density at radius 1 is 1.48 bits per heavy atom. The van der Waals surface area contributed by atoms with Crippen LogP contribution in [0.1, 0.15) is 37.7 Å². The molecule has 1 aromatic heterocycles. The Kier molecular flexibility index (Phi) is 5.98. The van der Waals surface area contributed by atoms with E-state index in [2.05, 4.69) is 21.2 Å². The van der Waals surface area contributed by atoms with Crippen LogP contribution in [0.15, 0.2) is 16.7 Å². The Labute approximate surface area is 132 Å². The molecule has 0 radical (unpaired) electrons. The number of nitrogens with one attached hydrogen (secondary N) is 1. The largest absolute Gasteiger partial charge is 0.480 e. The van der Waals surface area contributed by atoms with Crippen LogP contribution in [0.4, 0.5) is 0 Å². The summed E-state index contributed by atoms with van der Waals surface area (Å²) in [5.74, 6) is -1.50. The lowest BCUT2D eigenvalue weighted by Gasteiger charge is -2.21. The Balaban J connectivity index is 2.64. The van der Waals surface area contributed by atoms with Gasteiger partial charge in [-0.2, -0.15) is 0 Å². The van der Waals surface area contributed by atoms with Crippen LogP contribution in [-0.4, -0.2) is 39.8 Å². The number of aryl methyl sites for hydroxylation is 1. The second kappa shape index (κ2) is 7.09. The number of nitrogens with zero attached hydrogens (tertiary/aromatic N) is 1. The normalized spacial score (nSPS) is 13.0. The SMILES string of the molecule is Cn1cc(Br)cc1C(=O)NC(CCOC(C)(C)C)C(=O)O. The Hall–Kier alpha value is -1.34. The first-order valence-corrected chi connectivity index (χ1v) is 7.39. The fourth-order valence-electron chi connectivity index (χ4n) is 1.72. The van der Waals surface area contributed by atoms with E-state index in [1.54, 1.807) is 23.9 Å². The fraction of sp³-hybridized carbons (Fsp3) is 0.571. The zero-order valence-electron chi connectivity index (χ0n) is 12.6. The van der Waals surface area contributed by atoms with Gasteiger partial charge in [0.1, 0.15) is 11.7 Å². The summed E-state index contributed by atoms with van der Waals surface area (Å²) in [4.78, 5) is 23.3. The van der Waals surface area contributed by atoms with Crippen LogP contribution >= 0.6 is 15.9 Å². The number of halogens is 1. The lowest BCUT2D eigenvalue weighted by Crippen LogP contribution is -2.42. The van der Waals surface area contributed by atoms with Gasteiger partial charge >= 0.3 is 5.97 Å². The molecular weight excluding hydrogens is 340 g/mol. The highest BCUT2D eigenvalue weighted by atomic mass is 79.9. The molecule has 1 atom stereocenters. The molecule has 21 heavy (non-hydrogen) atoms. The molecule has 0 saturated carbocycles. The van der Waals surface area contributed by atoms with Crippen molar-refractivity contribution < 1.29 is 19.4 Å². The third kappa shape index (κ3) is 5.89. The van der Waals surface area contributed by atoms with Crippen LogP contribution < -0.4 is 5.32 Å². The number of carbonyl (C=O) groups excluding carboxylic acids is 1. The molecule has 0 aliphatic heterocycles. The number of rotatable bonds is 6. The van der Waals surface area contributed by atoms with Crippen molar-refractivity contribution in [2.24, 2.45) is 7.05 Å². The number of carbonyl (C=O) groups is 2. The number of carboxylic acid groups (broad SMARTS) is 1. The summed E-state index contributed by atoms with van der Waals surface area (Å²) in [5, 5.41) is 11.7. The lowest BCUT2D eigenvalue weighted by atomic mass is 10.1. The van der Waals surface area contributed by atoms with Gasteiger partial charge in [0.15, 0.2) is 0 Å². The van der Waals surface area contributed by atoms with Crippen molar-refractivity contribution in [1.82, 2.24) is 9.88 Å². The first-order chi connectivity index (χ1) is 9.60. The molecule has 0 bridgehead atoms. The molecular formula is C14H21BrN2O4. The maximum atomic E-state index is 12.1. The molecule has 118 valence electrons. The summed E-state index contributed by atoms with van der Waals surface area (Å²) >= 11 is 3.27. The first-order valence-electron chi connectivity index (χ1n) is 6.59. The minimum absolute atomic E-state index is 0.212. The van der Waals surface area contributed by atoms with Gasteiger partial charge in [-0.15, -0.1) is 0 Å². The standard InChI is InChI=1S/C14H21BrN2O4/c1-14(2,3)21-6-5-10(13(19)20)16-12(18)11-7-9(15)8-17(11)4/h7-8,10H,5-6H2,1-4H3,(H,16,18)(H,19,20). The molecule has 2 N–H and O–H groups in total. The quantitative estimate of drug-likeness (QED) is 0.814. The summed E-state index contributed by atoms with van der Waals surface area (Å²) < 4.78 is 7.89. The second-order valence-corrected chi connectivity index (χ2v) is 6.68. The molecule has 0 saturated heterocycles. The van der Waals surface area contributed by atoms with E-state index in [1.807, 2.05) is 20.8 Å². The molecule has 1 rings (SSSR count). The molecule has 0 fully saturated rings. The van der Waals surface area contributed by atoms with E-state index < -0.39 is 17.9 Å². The summed E-state index contributed by atoms with van der Waals surface area (Å²) in [7, 11) is 1.72. The summed E-state index contributed by atoms with van der Waals surface area (Å²) in [6.45, 7) is 5.94. The predicted molar refractivity (Wildman–Crippen MR) is 82.3 cm³/mol. The Bertz CT molecular complexity index is 520. The number of carboxylic acids is 1. The van der Waals surface area contributed by atoms with E-state index in [0.29, 0.717) is 5.69 Å². The van der Waals surface area contributed by atoms with Gasteiger partial charge in [-0.3, -0.25) is 4.79 Å². The number of amides is 1. The maximum Gasteiger partial charge on any atom is 0.326 e. The van der Waals surface area contributed by atoms with Gasteiger partial charge in [0, 0.05) is 30.7 Å². The number of ether oxygens (including phenoxy) is 1. The topological polar surface area (TPSA) is 80.6 Å². The van der Waals surface area contributed by atoms with Gasteiger partial charge < -0.3 is 19.7 Å². The molecule has 7 heteroatoms. The highest BCUT2D eigenvalue weighted by molar-refractivity contribution is 9.10. The van der Waals surface area contributed by atoms with Gasteiger partial charge in [0.25, 0.3) is 5.91 Å². The van der Waals surface area contributed by atoms with E-state index in [4.69, 9.17) is 4.74 Å². The minimum Gasteiger partial charge on any atom is -0.480 e. The van der Waals surface area contributed by atoms with E-state index in [9.17, 15) is 14.7 Å². The average molecular weight is 361 g/mol. The van der Waals surface area contributed by atoms with Crippen LogP contribution in [0.25, 0.3) is 0 Å². The van der Waals surface area contributed by atoms with E-state index >= 15 is 0 Å². The van der Waals surface area contributed by atoms with E-state index in [-0.39, 0.29) is 18.6 Å². The van der Waals surface area contributed by atoms with Crippen molar-refractivity contribution in [3.63, 3.8) is 0 Å². The third-order valence-electron chi connectivity index (χ3n) is 2.75. The molecule has 1 aromatic rings. The van der Waals surface area contributed by atoms with Crippen LogP contribution in [0.2, 0.25) is 0 Å². The predicted octanol–water partition coefficient (Wildman–Crippen LogP) is 2.18. The molecule has 0 spiro atoms. The van der Waals surface area contributed by atoms with Gasteiger partial charge in [-0.05, 0) is 42.8 Å². The van der Waals surface area contributed by atoms with Crippen LogP contribution in [-0.2, 0) is 16.6 Å². The zero-order chi connectivity index (χ0) is 16.2. The zero-order valence-corrected chi connectivity index (χ0v) is 14.2. The number of hydrogen-bond donors (Lipinski definition) is 2. The van der Waals surface area contributed by atoms with Crippen LogP contribution in [0.5, 0.6) is 0 Å². The average Bonchev–Trinajstić information content (AvgIpc) is 2.65. The fourth-order valence-corrected chi connectivity index (χ4v) is 2.25. The van der Waals surface area contributed by atoms with Crippen molar-refractivity contribution >= 4 is 27.8 Å². The molecule has 1 amide bonds. The summed E-state index contributed by atoms with van der Waals surface area (Å²) in [6, 6.07) is 0.661. The van der Waals surface area contributed by atoms with Crippen molar-refractivity contribution in [2.75, 3.05) is 6.61 Å². The number of aromatic nitrogens is 1. The Morgan fingerprint density at radius 3 is 2.52 bits per heavy atom. The second-order valence-electron chi connectivity index (χ2n) is 5.77. The van der Waals surface area contributed by atoms with Crippen LogP contribution in [0, 0.1) is 0 Å². The lowest BCUT2D eigenvalue weighted by molar-refractivity contribution is -0.140. The molecule has 6 nitrogen and oxygen atoms in total. The van der Waals surface area contributed by atoms with Crippen LogP contribution in [0.3, 0.4) is 0 Å². The highest BCUT2D eigenvalue weighted by Crippen LogP contribution is 2.14. The Morgan fingerprint density at radius 2 is 2.10 bits per heavy atom. The maximum absolute atomic E-state index is 12.1. The molecule has 0 aliphatic rings. The minimum atomic E-state index is -1.07. The molecule has 1 heterocycles. The van der Waals surface area contributed by atoms with Crippen molar-refractivity contribution in [3.05, 3.63) is 22.4 Å². The van der Waals surface area contributed by atoms with Gasteiger partial charge in [-0.1, -0.05) is 0 Å². The number of aliphatic carboxylic acids is 1. The monoisotopic (exact) mass is 360 g/mol. The van der Waals surface area contributed by atoms with Gasteiger partial charge in [0.05, 0.1) is 5.60 Å². The van der Waals surface area contributed by atoms with Gasteiger partial charge in [0.2, 0.25) is 0 Å². The summed E-state index contributed by atoms with van der Waals surface area (Å²) in [5.41, 5.74) is 0.0561. The van der Waals surface area contributed by atoms with Crippen molar-refractivity contribution in [2.45, 2.75) is 38.8 Å². The smallest absolute Gasteiger partial charge is 0.326 e.